The molecule has 0 aromatic heterocycles. The van der Waals surface area contributed by atoms with E-state index in [0.717, 1.165) is 37.0 Å². The smallest absolute Gasteiger partial charge is 0.249 e. The van der Waals surface area contributed by atoms with Crippen LogP contribution in [0.5, 0.6) is 0 Å². The van der Waals surface area contributed by atoms with Gasteiger partial charge in [0.15, 0.2) is 0 Å². The molecule has 1 aliphatic rings. The molecule has 1 N–H and O–H groups in total. The van der Waals surface area contributed by atoms with E-state index in [-0.39, 0.29) is 18.2 Å². The van der Waals surface area contributed by atoms with Crippen LogP contribution in [0, 0.1) is 6.92 Å². The number of imide groups is 1. The molecule has 2 rings (SSSR count). The lowest BCUT2D eigenvalue weighted by molar-refractivity contribution is -0.135. The van der Waals surface area contributed by atoms with Gasteiger partial charge in [0.1, 0.15) is 6.04 Å². The van der Waals surface area contributed by atoms with E-state index in [1.165, 1.54) is 11.8 Å². The Morgan fingerprint density at radius 3 is 2.31 bits per heavy atom. The summed E-state index contributed by atoms with van der Waals surface area (Å²) in [5.74, 6) is -0.936. The molecule has 0 spiro atoms. The van der Waals surface area contributed by atoms with Crippen LogP contribution < -0.4 is 10.2 Å². The molecule has 3 amide bonds. The Kier molecular flexibility index (Phi) is 11.3. The normalized spacial score (nSPS) is 16.2. The van der Waals surface area contributed by atoms with Crippen molar-refractivity contribution in [2.24, 2.45) is 0 Å². The van der Waals surface area contributed by atoms with Crippen LogP contribution >= 0.6 is 0 Å². The van der Waals surface area contributed by atoms with Gasteiger partial charge in [-0.3, -0.25) is 24.6 Å². The standard InChI is InChI=1S/C24H36N2O6/c1-4-11-30-13-15-32-16-14-31-12-5-6-20-7-8-21(18(2)17-20)26(19(3)27)22-9-10-23(28)25-24(22)29/h7-8,17,22H,4-6,9-16H2,1-3H3,(H,25,28,29). The van der Waals surface area contributed by atoms with E-state index in [1.54, 1.807) is 0 Å². The lowest BCUT2D eigenvalue weighted by atomic mass is 10.00. The van der Waals surface area contributed by atoms with Gasteiger partial charge in [-0.2, -0.15) is 0 Å². The Morgan fingerprint density at radius 2 is 1.72 bits per heavy atom. The van der Waals surface area contributed by atoms with Gasteiger partial charge in [0, 0.05) is 32.2 Å². The lowest BCUT2D eigenvalue weighted by Gasteiger charge is -2.33. The van der Waals surface area contributed by atoms with Crippen molar-refractivity contribution in [2.75, 3.05) is 44.5 Å². The fourth-order valence-corrected chi connectivity index (χ4v) is 3.69. The molecule has 0 aliphatic carbocycles. The quantitative estimate of drug-likeness (QED) is 0.347. The maximum Gasteiger partial charge on any atom is 0.249 e. The van der Waals surface area contributed by atoms with E-state index >= 15 is 0 Å². The van der Waals surface area contributed by atoms with Crippen LogP contribution in [0.1, 0.15) is 50.7 Å². The Hall–Kier alpha value is -2.29. The largest absolute Gasteiger partial charge is 0.379 e. The first-order chi connectivity index (χ1) is 15.4. The number of piperidine rings is 1. The summed E-state index contributed by atoms with van der Waals surface area (Å²) in [6, 6.07) is 5.23. The first-order valence-corrected chi connectivity index (χ1v) is 11.4. The van der Waals surface area contributed by atoms with Crippen molar-refractivity contribution in [1.29, 1.82) is 0 Å². The minimum Gasteiger partial charge on any atom is -0.379 e. The van der Waals surface area contributed by atoms with Crippen molar-refractivity contribution in [1.82, 2.24) is 5.32 Å². The van der Waals surface area contributed by atoms with Crippen LogP contribution in [0.4, 0.5) is 5.69 Å². The van der Waals surface area contributed by atoms with Crippen LogP contribution in [-0.4, -0.2) is 63.4 Å². The third-order valence-electron chi connectivity index (χ3n) is 5.23. The van der Waals surface area contributed by atoms with Gasteiger partial charge in [0.05, 0.1) is 26.4 Å². The van der Waals surface area contributed by atoms with Crippen molar-refractivity contribution in [2.45, 2.75) is 58.9 Å². The Labute approximate surface area is 190 Å². The zero-order valence-corrected chi connectivity index (χ0v) is 19.5. The highest BCUT2D eigenvalue weighted by atomic mass is 16.5. The Morgan fingerprint density at radius 1 is 1.06 bits per heavy atom. The highest BCUT2D eigenvalue weighted by Crippen LogP contribution is 2.27. The van der Waals surface area contributed by atoms with Crippen molar-refractivity contribution >= 4 is 23.4 Å². The fourth-order valence-electron chi connectivity index (χ4n) is 3.69. The number of anilines is 1. The maximum absolute atomic E-state index is 12.3. The number of hydrogen-bond acceptors (Lipinski definition) is 6. The first kappa shape index (κ1) is 26.0. The maximum atomic E-state index is 12.3. The molecule has 8 heteroatoms. The van der Waals surface area contributed by atoms with E-state index in [9.17, 15) is 14.4 Å². The molecule has 1 atom stereocenters. The summed E-state index contributed by atoms with van der Waals surface area (Å²) < 4.78 is 16.4. The average molecular weight is 449 g/mol. The number of carbonyl (C=O) groups excluding carboxylic acids is 3. The minimum absolute atomic E-state index is 0.220. The minimum atomic E-state index is -0.663. The first-order valence-electron chi connectivity index (χ1n) is 11.4. The van der Waals surface area contributed by atoms with Crippen LogP contribution in [0.15, 0.2) is 18.2 Å². The molecule has 1 fully saturated rings. The highest BCUT2D eigenvalue weighted by Gasteiger charge is 2.34. The Bertz CT molecular complexity index is 767. The van der Waals surface area contributed by atoms with Gasteiger partial charge < -0.3 is 14.2 Å². The summed E-state index contributed by atoms with van der Waals surface area (Å²) in [5, 5.41) is 2.33. The third-order valence-corrected chi connectivity index (χ3v) is 5.23. The number of nitrogens with one attached hydrogen (secondary N) is 1. The van der Waals surface area contributed by atoms with E-state index in [2.05, 4.69) is 12.2 Å². The summed E-state index contributed by atoms with van der Waals surface area (Å²) in [7, 11) is 0. The molecule has 1 unspecified atom stereocenters. The van der Waals surface area contributed by atoms with Gasteiger partial charge in [-0.05, 0) is 49.8 Å². The molecule has 0 radical (unpaired) electrons. The number of rotatable bonds is 14. The van der Waals surface area contributed by atoms with E-state index in [4.69, 9.17) is 14.2 Å². The molecule has 0 saturated carbocycles. The van der Waals surface area contributed by atoms with E-state index in [1.807, 2.05) is 25.1 Å². The van der Waals surface area contributed by atoms with Crippen molar-refractivity contribution < 1.29 is 28.6 Å². The summed E-state index contributed by atoms with van der Waals surface area (Å²) in [6.07, 6.45) is 3.31. The van der Waals surface area contributed by atoms with Gasteiger partial charge in [-0.25, -0.2) is 0 Å². The SMILES string of the molecule is CCCOCCOCCOCCCc1ccc(N(C(C)=O)C2CCC(=O)NC2=O)c(C)c1. The molecule has 0 bridgehead atoms. The Balaban J connectivity index is 1.77. The van der Waals surface area contributed by atoms with Gasteiger partial charge in [-0.1, -0.05) is 19.1 Å². The zero-order valence-electron chi connectivity index (χ0n) is 19.5. The number of carbonyl (C=O) groups is 3. The summed E-state index contributed by atoms with van der Waals surface area (Å²) in [6.45, 7) is 9.19. The summed E-state index contributed by atoms with van der Waals surface area (Å²) in [4.78, 5) is 37.5. The number of hydrogen-bond donors (Lipinski definition) is 1. The molecular formula is C24H36N2O6. The molecule has 1 aliphatic heterocycles. The van der Waals surface area contributed by atoms with Crippen LogP contribution in [0.3, 0.4) is 0 Å². The molecule has 1 saturated heterocycles. The number of ether oxygens (including phenoxy) is 3. The predicted octanol–water partition coefficient (Wildman–Crippen LogP) is 2.55. The monoisotopic (exact) mass is 448 g/mol. The second-order valence-corrected chi connectivity index (χ2v) is 7.92. The number of nitrogens with zero attached hydrogens (tertiary/aromatic N) is 1. The molecular weight excluding hydrogens is 412 g/mol. The molecule has 1 heterocycles. The van der Waals surface area contributed by atoms with E-state index in [0.29, 0.717) is 45.1 Å². The van der Waals surface area contributed by atoms with Crippen LogP contribution in [-0.2, 0) is 35.0 Å². The van der Waals surface area contributed by atoms with E-state index < -0.39 is 11.9 Å². The zero-order chi connectivity index (χ0) is 23.3. The number of aryl methyl sites for hydroxylation is 2. The van der Waals surface area contributed by atoms with Gasteiger partial charge in [-0.15, -0.1) is 0 Å². The highest BCUT2D eigenvalue weighted by molar-refractivity contribution is 6.06. The van der Waals surface area contributed by atoms with Gasteiger partial charge >= 0.3 is 0 Å². The topological polar surface area (TPSA) is 94.2 Å². The third kappa shape index (κ3) is 8.33. The lowest BCUT2D eigenvalue weighted by Crippen LogP contribution is -2.54. The second-order valence-electron chi connectivity index (χ2n) is 7.92. The number of amides is 3. The molecule has 1 aromatic rings. The molecule has 32 heavy (non-hydrogen) atoms. The predicted molar refractivity (Wildman–Crippen MR) is 122 cm³/mol. The summed E-state index contributed by atoms with van der Waals surface area (Å²) >= 11 is 0. The molecule has 178 valence electrons. The van der Waals surface area contributed by atoms with Gasteiger partial charge in [0.25, 0.3) is 0 Å². The molecule has 1 aromatic carbocycles. The van der Waals surface area contributed by atoms with Crippen molar-refractivity contribution in [3.8, 4) is 0 Å². The van der Waals surface area contributed by atoms with Crippen molar-refractivity contribution in [3.63, 3.8) is 0 Å². The second kappa shape index (κ2) is 14.0. The van der Waals surface area contributed by atoms with Crippen LogP contribution in [0.25, 0.3) is 0 Å². The fraction of sp³-hybridized carbons (Fsp3) is 0.625. The van der Waals surface area contributed by atoms with Crippen LogP contribution in [0.2, 0.25) is 0 Å². The van der Waals surface area contributed by atoms with Gasteiger partial charge in [0.2, 0.25) is 17.7 Å². The summed E-state index contributed by atoms with van der Waals surface area (Å²) in [5.41, 5.74) is 2.76. The average Bonchev–Trinajstić information content (AvgIpc) is 2.75. The number of benzene rings is 1. The molecule has 8 nitrogen and oxygen atoms in total. The van der Waals surface area contributed by atoms with Crippen molar-refractivity contribution in [3.05, 3.63) is 29.3 Å².